The molecule has 2 amide bonds. The van der Waals surface area contributed by atoms with Gasteiger partial charge in [0, 0.05) is 39.0 Å². The van der Waals surface area contributed by atoms with Crippen molar-refractivity contribution in [3.63, 3.8) is 0 Å². The topological polar surface area (TPSA) is 148 Å². The number of phenols is 1. The minimum absolute atomic E-state index is 0.0989. The Kier molecular flexibility index (Phi) is 7.05. The molecule has 0 aliphatic heterocycles. The van der Waals surface area contributed by atoms with Gasteiger partial charge in [0.15, 0.2) is 0 Å². The molecule has 0 radical (unpaired) electrons. The number of carbonyl (C=O) groups is 2. The second-order valence-corrected chi connectivity index (χ2v) is 9.45. The Balaban J connectivity index is 1.83. The summed E-state index contributed by atoms with van der Waals surface area (Å²) in [5.41, 5.74) is 5.71. The molecule has 3 aromatic heterocycles. The molecule has 1 aromatic carbocycles. The monoisotopic (exact) mass is 563 g/mol. The van der Waals surface area contributed by atoms with Gasteiger partial charge in [-0.05, 0) is 29.3 Å². The number of hydrogen-bond acceptors (Lipinski definition) is 7. The molecular formula is C23H20Cl3N7O4. The van der Waals surface area contributed by atoms with Crippen molar-refractivity contribution in [2.24, 2.45) is 12.8 Å². The Morgan fingerprint density at radius 1 is 1.16 bits per heavy atom. The lowest BCUT2D eigenvalue weighted by molar-refractivity contribution is -0.116. The molecule has 4 aromatic rings. The van der Waals surface area contributed by atoms with E-state index >= 15 is 0 Å². The maximum Gasteiger partial charge on any atom is 0.264 e. The third-order valence-electron chi connectivity index (χ3n) is 5.57. The maximum absolute atomic E-state index is 13.2. The fourth-order valence-electron chi connectivity index (χ4n) is 3.68. The highest BCUT2D eigenvalue weighted by atomic mass is 35.5. The zero-order chi connectivity index (χ0) is 27.2. The Hall–Kier alpha value is -3.80. The summed E-state index contributed by atoms with van der Waals surface area (Å²) in [6.45, 7) is -0.266. The van der Waals surface area contributed by atoms with Crippen LogP contribution < -0.4 is 21.5 Å². The predicted molar refractivity (Wildman–Crippen MR) is 143 cm³/mol. The van der Waals surface area contributed by atoms with E-state index in [4.69, 9.17) is 40.5 Å². The summed E-state index contributed by atoms with van der Waals surface area (Å²) in [7, 11) is 5.03. The van der Waals surface area contributed by atoms with Crippen LogP contribution in [0.15, 0.2) is 35.4 Å². The van der Waals surface area contributed by atoms with E-state index in [0.29, 0.717) is 22.6 Å². The summed E-state index contributed by atoms with van der Waals surface area (Å²) in [4.78, 5) is 48.2. The van der Waals surface area contributed by atoms with Gasteiger partial charge in [-0.2, -0.15) is 0 Å². The summed E-state index contributed by atoms with van der Waals surface area (Å²) in [5, 5.41) is 13.0. The molecule has 3 heterocycles. The number of aromatic nitrogens is 4. The molecule has 14 heteroatoms. The zero-order valence-corrected chi connectivity index (χ0v) is 22.0. The highest BCUT2D eigenvalue weighted by Gasteiger charge is 2.22. The Bertz CT molecular complexity index is 1650. The number of carbonyl (C=O) groups excluding carboxylic acids is 2. The molecule has 11 nitrogen and oxygen atoms in total. The molecule has 4 rings (SSSR count). The molecule has 0 spiro atoms. The number of nitrogens with one attached hydrogen (secondary N) is 1. The first-order valence-electron chi connectivity index (χ1n) is 10.6. The van der Waals surface area contributed by atoms with Crippen molar-refractivity contribution < 1.29 is 14.7 Å². The second-order valence-electron chi connectivity index (χ2n) is 8.30. The van der Waals surface area contributed by atoms with Crippen LogP contribution in [0, 0.1) is 0 Å². The average molecular weight is 565 g/mol. The minimum atomic E-state index is -0.912. The number of fused-ring (bicyclic) bond motifs is 1. The Morgan fingerprint density at radius 2 is 1.86 bits per heavy atom. The number of anilines is 2. The van der Waals surface area contributed by atoms with E-state index in [1.54, 1.807) is 25.1 Å². The number of nitrogens with zero attached hydrogens (tertiary/aromatic N) is 5. The fourth-order valence-corrected chi connectivity index (χ4v) is 4.21. The number of primary amides is 1. The lowest BCUT2D eigenvalue weighted by Crippen LogP contribution is -2.21. The van der Waals surface area contributed by atoms with E-state index in [1.165, 1.54) is 36.1 Å². The van der Waals surface area contributed by atoms with E-state index < -0.39 is 23.1 Å². The SMILES string of the molecule is CN(C)c1cc(NC(=O)Cn2cc(-c3cc(Cl)c(O)c(C(N)=O)c3)c3c(=O)n(C)c(Cl)nc32)c(Cl)cn1. The summed E-state index contributed by atoms with van der Waals surface area (Å²) in [5.74, 6) is -1.28. The first-order valence-corrected chi connectivity index (χ1v) is 11.7. The van der Waals surface area contributed by atoms with Crippen molar-refractivity contribution in [3.8, 4) is 16.9 Å². The number of halogens is 3. The van der Waals surface area contributed by atoms with Gasteiger partial charge in [-0.15, -0.1) is 0 Å². The van der Waals surface area contributed by atoms with Crippen molar-refractivity contribution in [3.05, 3.63) is 61.8 Å². The quantitative estimate of drug-likeness (QED) is 0.304. The minimum Gasteiger partial charge on any atom is -0.506 e. The van der Waals surface area contributed by atoms with E-state index in [2.05, 4.69) is 15.3 Å². The number of benzene rings is 1. The molecule has 192 valence electrons. The number of hydrogen-bond donors (Lipinski definition) is 3. The lowest BCUT2D eigenvalue weighted by atomic mass is 10.0. The molecule has 0 unspecified atom stereocenters. The third kappa shape index (κ3) is 4.93. The van der Waals surface area contributed by atoms with Crippen molar-refractivity contribution in [1.29, 1.82) is 0 Å². The first kappa shape index (κ1) is 26.3. The van der Waals surface area contributed by atoms with E-state index in [1.807, 2.05) is 0 Å². The van der Waals surface area contributed by atoms with Gasteiger partial charge in [-0.3, -0.25) is 19.0 Å². The molecular weight excluding hydrogens is 545 g/mol. The van der Waals surface area contributed by atoms with Crippen LogP contribution in [0.1, 0.15) is 10.4 Å². The highest BCUT2D eigenvalue weighted by Crippen LogP contribution is 2.36. The Labute approximate surface area is 225 Å². The average Bonchev–Trinajstić information content (AvgIpc) is 3.18. The van der Waals surface area contributed by atoms with Gasteiger partial charge in [0.1, 0.15) is 23.8 Å². The smallest absolute Gasteiger partial charge is 0.264 e. The molecule has 4 N–H and O–H groups in total. The zero-order valence-electron chi connectivity index (χ0n) is 19.7. The van der Waals surface area contributed by atoms with Gasteiger partial charge in [-0.25, -0.2) is 9.97 Å². The normalized spacial score (nSPS) is 11.1. The summed E-state index contributed by atoms with van der Waals surface area (Å²) < 4.78 is 2.56. The second kappa shape index (κ2) is 9.92. The van der Waals surface area contributed by atoms with Crippen LogP contribution in [0.4, 0.5) is 11.5 Å². The Morgan fingerprint density at radius 3 is 2.51 bits per heavy atom. The van der Waals surface area contributed by atoms with Crippen molar-refractivity contribution in [2.45, 2.75) is 6.54 Å². The van der Waals surface area contributed by atoms with Gasteiger partial charge in [0.2, 0.25) is 11.2 Å². The molecule has 0 aliphatic rings. The van der Waals surface area contributed by atoms with Gasteiger partial charge in [0.25, 0.3) is 11.5 Å². The highest BCUT2D eigenvalue weighted by molar-refractivity contribution is 6.34. The van der Waals surface area contributed by atoms with Crippen molar-refractivity contribution in [1.82, 2.24) is 19.1 Å². The molecule has 37 heavy (non-hydrogen) atoms. The van der Waals surface area contributed by atoms with Gasteiger partial charge in [0.05, 0.1) is 32.9 Å². The number of rotatable bonds is 6. The molecule has 0 bridgehead atoms. The standard InChI is InChI=1S/C23H20Cl3N7O4/c1-31(2)16-6-15(14(25)7-28-16)29-17(34)9-33-8-12(18-21(33)30-23(26)32(3)22(18)37)10-4-11(20(27)36)19(35)13(24)5-10/h4-8,35H,9H2,1-3H3,(H2,27,36)(H,28,29,34). The molecule has 0 saturated heterocycles. The number of nitrogens with two attached hydrogens (primary N) is 1. The van der Waals surface area contributed by atoms with Crippen molar-refractivity contribution >= 4 is 69.2 Å². The first-order chi connectivity index (χ1) is 17.4. The fraction of sp³-hybridized carbons (Fsp3) is 0.174. The summed E-state index contributed by atoms with van der Waals surface area (Å²) >= 11 is 18.5. The molecule has 0 saturated carbocycles. The number of amides is 2. The lowest BCUT2D eigenvalue weighted by Gasteiger charge is -2.14. The largest absolute Gasteiger partial charge is 0.506 e. The van der Waals surface area contributed by atoms with Crippen LogP contribution in [0.5, 0.6) is 5.75 Å². The van der Waals surface area contributed by atoms with Crippen LogP contribution in [-0.2, 0) is 18.4 Å². The van der Waals surface area contributed by atoms with Crippen molar-refractivity contribution in [2.75, 3.05) is 24.3 Å². The van der Waals surface area contributed by atoms with Crippen LogP contribution in [0.3, 0.4) is 0 Å². The van der Waals surface area contributed by atoms with Crippen LogP contribution >= 0.6 is 34.8 Å². The number of aromatic hydroxyl groups is 1. The van der Waals surface area contributed by atoms with E-state index in [0.717, 1.165) is 4.57 Å². The van der Waals surface area contributed by atoms with Gasteiger partial charge < -0.3 is 25.6 Å². The third-order valence-corrected chi connectivity index (χ3v) is 6.50. The maximum atomic E-state index is 13.2. The molecule has 0 fully saturated rings. The van der Waals surface area contributed by atoms with Gasteiger partial charge >= 0.3 is 0 Å². The number of pyridine rings is 1. The van der Waals surface area contributed by atoms with Crippen LogP contribution in [0.2, 0.25) is 15.3 Å². The van der Waals surface area contributed by atoms with Gasteiger partial charge in [-0.1, -0.05) is 23.2 Å². The van der Waals surface area contributed by atoms with E-state index in [-0.39, 0.29) is 38.5 Å². The van der Waals surface area contributed by atoms with Crippen LogP contribution in [0.25, 0.3) is 22.2 Å². The summed E-state index contributed by atoms with van der Waals surface area (Å²) in [6.07, 6.45) is 2.92. The van der Waals surface area contributed by atoms with E-state index in [9.17, 15) is 19.5 Å². The predicted octanol–water partition coefficient (Wildman–Crippen LogP) is 3.27. The molecule has 0 atom stereocenters. The molecule has 0 aliphatic carbocycles. The summed E-state index contributed by atoms with van der Waals surface area (Å²) in [6, 6.07) is 4.29. The van der Waals surface area contributed by atoms with Crippen LogP contribution in [-0.4, -0.2) is 50.1 Å².